The van der Waals surface area contributed by atoms with Gasteiger partial charge in [-0.1, -0.05) is 18.2 Å². The lowest BCUT2D eigenvalue weighted by Crippen LogP contribution is -2.64. The minimum absolute atomic E-state index is 0.298. The molecule has 0 bridgehead atoms. The Balaban J connectivity index is 1.68. The predicted molar refractivity (Wildman–Crippen MR) is 74.3 cm³/mol. The zero-order chi connectivity index (χ0) is 12.4. The second-order valence-electron chi connectivity index (χ2n) is 6.06. The Hall–Kier alpha value is -1.32. The largest absolute Gasteiger partial charge is 0.371 e. The van der Waals surface area contributed by atoms with Crippen molar-refractivity contribution in [3.05, 3.63) is 42.1 Å². The summed E-state index contributed by atoms with van der Waals surface area (Å²) in [5.74, 6) is 0.687. The highest BCUT2D eigenvalue weighted by Gasteiger charge is 2.52. The molecule has 0 saturated carbocycles. The van der Waals surface area contributed by atoms with Crippen LogP contribution in [0.4, 0.5) is 5.69 Å². The summed E-state index contributed by atoms with van der Waals surface area (Å²) in [4.78, 5) is 5.15. The number of hydrogen-bond acceptors (Lipinski definition) is 3. The van der Waals surface area contributed by atoms with Gasteiger partial charge in [-0.2, -0.15) is 0 Å². The van der Waals surface area contributed by atoms with Gasteiger partial charge in [-0.3, -0.25) is 4.90 Å². The second-order valence-corrected chi connectivity index (χ2v) is 6.06. The van der Waals surface area contributed by atoms with Crippen LogP contribution in [0.2, 0.25) is 0 Å². The third-order valence-electron chi connectivity index (χ3n) is 5.31. The molecule has 98 valence electrons. The quantitative estimate of drug-likeness (QED) is 0.704. The molecule has 4 aliphatic rings. The lowest BCUT2D eigenvalue weighted by Gasteiger charge is -2.52. The normalized spacial score (nSPS) is 39.1. The number of hydrogen-bond donors (Lipinski definition) is 0. The standard InChI is InChI=1S/C16H18N2O/c1-2-4-13-11(3-1)12-5-7-17-9-10-19-14-6-8-18(13)15(12)16(14)17/h1-4,6,8,12,14-16H,5,7,9-10H2. The van der Waals surface area contributed by atoms with Gasteiger partial charge in [0.05, 0.1) is 24.8 Å². The van der Waals surface area contributed by atoms with E-state index in [1.807, 2.05) is 0 Å². The van der Waals surface area contributed by atoms with E-state index in [0.717, 1.165) is 13.2 Å². The SMILES string of the molecule is C1=CN2c3ccccc3C3CCN4CCOC1C4C32. The molecule has 4 heterocycles. The van der Waals surface area contributed by atoms with E-state index in [1.54, 1.807) is 5.56 Å². The van der Waals surface area contributed by atoms with Crippen LogP contribution in [0.5, 0.6) is 0 Å². The number of para-hydroxylation sites is 1. The van der Waals surface area contributed by atoms with E-state index in [-0.39, 0.29) is 0 Å². The summed E-state index contributed by atoms with van der Waals surface area (Å²) in [7, 11) is 0. The number of nitrogens with zero attached hydrogens (tertiary/aromatic N) is 2. The summed E-state index contributed by atoms with van der Waals surface area (Å²) in [5.41, 5.74) is 2.96. The second kappa shape index (κ2) is 3.62. The van der Waals surface area contributed by atoms with E-state index in [1.165, 1.54) is 18.7 Å². The Kier molecular flexibility index (Phi) is 1.99. The number of morpholine rings is 1. The van der Waals surface area contributed by atoms with Gasteiger partial charge in [0.25, 0.3) is 0 Å². The predicted octanol–water partition coefficient (Wildman–Crippen LogP) is 1.96. The van der Waals surface area contributed by atoms with Crippen LogP contribution in [0, 0.1) is 0 Å². The molecule has 5 rings (SSSR count). The topological polar surface area (TPSA) is 15.7 Å². The molecule has 4 unspecified atom stereocenters. The molecule has 4 atom stereocenters. The van der Waals surface area contributed by atoms with Crippen LogP contribution < -0.4 is 4.90 Å². The summed E-state index contributed by atoms with van der Waals surface area (Å²) in [6.45, 7) is 3.21. The van der Waals surface area contributed by atoms with Crippen molar-refractivity contribution in [1.82, 2.24) is 4.90 Å². The fourth-order valence-corrected chi connectivity index (χ4v) is 4.57. The maximum Gasteiger partial charge on any atom is 0.0949 e. The van der Waals surface area contributed by atoms with Crippen LogP contribution >= 0.6 is 0 Å². The molecule has 3 heteroatoms. The van der Waals surface area contributed by atoms with Gasteiger partial charge in [-0.05, 0) is 30.7 Å². The maximum atomic E-state index is 5.99. The summed E-state index contributed by atoms with van der Waals surface area (Å²) in [6.07, 6.45) is 6.11. The number of ether oxygens (including phenoxy) is 1. The Morgan fingerprint density at radius 3 is 3.05 bits per heavy atom. The molecular formula is C16H18N2O. The molecule has 0 radical (unpaired) electrons. The van der Waals surface area contributed by atoms with E-state index in [0.29, 0.717) is 24.1 Å². The van der Waals surface area contributed by atoms with Crippen LogP contribution in [0.3, 0.4) is 0 Å². The van der Waals surface area contributed by atoms with Crippen molar-refractivity contribution in [1.29, 1.82) is 0 Å². The Labute approximate surface area is 113 Å². The van der Waals surface area contributed by atoms with Crippen LogP contribution in [-0.2, 0) is 4.74 Å². The minimum atomic E-state index is 0.298. The highest BCUT2D eigenvalue weighted by Crippen LogP contribution is 2.50. The number of fused-ring (bicyclic) bond motifs is 3. The molecular weight excluding hydrogens is 236 g/mol. The summed E-state index contributed by atoms with van der Waals surface area (Å²) >= 11 is 0. The summed E-state index contributed by atoms with van der Waals surface area (Å²) in [5, 5.41) is 0. The fraction of sp³-hybridized carbons (Fsp3) is 0.500. The van der Waals surface area contributed by atoms with Gasteiger partial charge in [-0.15, -0.1) is 0 Å². The van der Waals surface area contributed by atoms with Gasteiger partial charge in [0.15, 0.2) is 0 Å². The molecule has 1 aromatic rings. The van der Waals surface area contributed by atoms with Gasteiger partial charge in [-0.25, -0.2) is 0 Å². The van der Waals surface area contributed by atoms with E-state index >= 15 is 0 Å². The molecule has 2 fully saturated rings. The van der Waals surface area contributed by atoms with Crippen molar-refractivity contribution < 1.29 is 4.74 Å². The number of anilines is 1. The van der Waals surface area contributed by atoms with Gasteiger partial charge in [0.2, 0.25) is 0 Å². The van der Waals surface area contributed by atoms with E-state index in [9.17, 15) is 0 Å². The lowest BCUT2D eigenvalue weighted by molar-refractivity contribution is -0.0740. The monoisotopic (exact) mass is 254 g/mol. The van der Waals surface area contributed by atoms with E-state index in [2.05, 4.69) is 46.3 Å². The first-order chi connectivity index (χ1) is 9.43. The Bertz CT molecular complexity index is 555. The van der Waals surface area contributed by atoms with Crippen molar-refractivity contribution in [2.75, 3.05) is 24.6 Å². The molecule has 19 heavy (non-hydrogen) atoms. The Morgan fingerprint density at radius 1 is 1.11 bits per heavy atom. The molecule has 0 spiro atoms. The zero-order valence-electron chi connectivity index (χ0n) is 10.9. The van der Waals surface area contributed by atoms with Crippen molar-refractivity contribution >= 4 is 5.69 Å². The fourth-order valence-electron chi connectivity index (χ4n) is 4.57. The minimum Gasteiger partial charge on any atom is -0.371 e. The van der Waals surface area contributed by atoms with Crippen LogP contribution in [0.25, 0.3) is 0 Å². The van der Waals surface area contributed by atoms with Crippen molar-refractivity contribution in [2.24, 2.45) is 0 Å². The smallest absolute Gasteiger partial charge is 0.0949 e. The molecule has 0 N–H and O–H groups in total. The van der Waals surface area contributed by atoms with Gasteiger partial charge in [0.1, 0.15) is 0 Å². The maximum absolute atomic E-state index is 5.99. The van der Waals surface area contributed by atoms with Crippen LogP contribution in [0.15, 0.2) is 36.5 Å². The number of benzene rings is 1. The van der Waals surface area contributed by atoms with E-state index in [4.69, 9.17) is 4.74 Å². The summed E-state index contributed by atoms with van der Waals surface area (Å²) in [6, 6.07) is 10.1. The van der Waals surface area contributed by atoms with Gasteiger partial charge in [0, 0.05) is 24.4 Å². The molecule has 1 aromatic carbocycles. The zero-order valence-corrected chi connectivity index (χ0v) is 10.9. The third kappa shape index (κ3) is 1.25. The Morgan fingerprint density at radius 2 is 2.05 bits per heavy atom. The summed E-state index contributed by atoms with van der Waals surface area (Å²) < 4.78 is 5.99. The van der Waals surface area contributed by atoms with Crippen LogP contribution in [-0.4, -0.2) is 42.8 Å². The van der Waals surface area contributed by atoms with Crippen LogP contribution in [0.1, 0.15) is 17.9 Å². The van der Waals surface area contributed by atoms with E-state index < -0.39 is 0 Å². The average molecular weight is 254 g/mol. The highest BCUT2D eigenvalue weighted by molar-refractivity contribution is 5.65. The number of piperidine rings is 1. The molecule has 0 aliphatic carbocycles. The first-order valence-electron chi connectivity index (χ1n) is 7.35. The molecule has 3 nitrogen and oxygen atoms in total. The average Bonchev–Trinajstić information content (AvgIpc) is 2.81. The lowest BCUT2D eigenvalue weighted by atomic mass is 9.79. The molecule has 4 aliphatic heterocycles. The number of rotatable bonds is 0. The van der Waals surface area contributed by atoms with Crippen molar-refractivity contribution in [3.8, 4) is 0 Å². The third-order valence-corrected chi connectivity index (χ3v) is 5.31. The first kappa shape index (κ1) is 10.5. The first-order valence-corrected chi connectivity index (χ1v) is 7.35. The molecule has 2 saturated heterocycles. The molecule has 0 aromatic heterocycles. The van der Waals surface area contributed by atoms with Gasteiger partial charge >= 0.3 is 0 Å². The van der Waals surface area contributed by atoms with Crippen molar-refractivity contribution in [3.63, 3.8) is 0 Å². The van der Waals surface area contributed by atoms with Crippen molar-refractivity contribution in [2.45, 2.75) is 30.5 Å². The molecule has 0 amide bonds. The van der Waals surface area contributed by atoms with Gasteiger partial charge < -0.3 is 9.64 Å². The highest BCUT2D eigenvalue weighted by atomic mass is 16.5.